The van der Waals surface area contributed by atoms with Crippen LogP contribution in [0.25, 0.3) is 0 Å². The first-order valence-electron chi connectivity index (χ1n) is 10.1. The second-order valence-corrected chi connectivity index (χ2v) is 7.20. The van der Waals surface area contributed by atoms with Gasteiger partial charge in [0, 0.05) is 25.4 Å². The Hall–Kier alpha value is -3.42. The Balaban J connectivity index is 1.65. The largest absolute Gasteiger partial charge is 0.493 e. The average Bonchev–Trinajstić information content (AvgIpc) is 3.25. The SMILES string of the molecule is COC(=O)N1C[C@H](C(=O)O)[C@@H](c2ccc(OC)c(OCCCOc3ccccc3)c2)C1. The molecule has 1 N–H and O–H groups in total. The van der Waals surface area contributed by atoms with E-state index in [4.69, 9.17) is 18.9 Å². The van der Waals surface area contributed by atoms with Crippen molar-refractivity contribution >= 4 is 12.1 Å². The molecule has 1 heterocycles. The van der Waals surface area contributed by atoms with Gasteiger partial charge in [0.2, 0.25) is 0 Å². The van der Waals surface area contributed by atoms with Crippen molar-refractivity contribution in [2.24, 2.45) is 5.92 Å². The highest BCUT2D eigenvalue weighted by Gasteiger charge is 2.41. The summed E-state index contributed by atoms with van der Waals surface area (Å²) in [7, 11) is 2.83. The predicted molar refractivity (Wildman–Crippen MR) is 113 cm³/mol. The number of ether oxygens (including phenoxy) is 4. The lowest BCUT2D eigenvalue weighted by Gasteiger charge is -2.18. The zero-order valence-electron chi connectivity index (χ0n) is 17.7. The van der Waals surface area contributed by atoms with Crippen molar-refractivity contribution in [1.82, 2.24) is 4.90 Å². The van der Waals surface area contributed by atoms with E-state index in [1.54, 1.807) is 19.2 Å². The fraction of sp³-hybridized carbons (Fsp3) is 0.391. The van der Waals surface area contributed by atoms with Gasteiger partial charge in [0.1, 0.15) is 5.75 Å². The number of carbonyl (C=O) groups excluding carboxylic acids is 1. The predicted octanol–water partition coefficient (Wildman–Crippen LogP) is 3.41. The number of hydrogen-bond acceptors (Lipinski definition) is 6. The fourth-order valence-electron chi connectivity index (χ4n) is 3.65. The van der Waals surface area contributed by atoms with Gasteiger partial charge in [-0.3, -0.25) is 4.79 Å². The quantitative estimate of drug-likeness (QED) is 0.611. The normalized spacial score (nSPS) is 17.8. The maximum Gasteiger partial charge on any atom is 0.409 e. The van der Waals surface area contributed by atoms with Crippen molar-refractivity contribution in [3.05, 3.63) is 54.1 Å². The smallest absolute Gasteiger partial charge is 0.409 e. The number of carboxylic acid groups (broad SMARTS) is 1. The first-order chi connectivity index (χ1) is 15.0. The molecule has 8 heteroatoms. The third kappa shape index (κ3) is 5.59. The van der Waals surface area contributed by atoms with E-state index in [0.717, 1.165) is 11.3 Å². The van der Waals surface area contributed by atoms with Crippen molar-refractivity contribution in [2.45, 2.75) is 12.3 Å². The van der Waals surface area contributed by atoms with Crippen molar-refractivity contribution < 1.29 is 33.6 Å². The highest BCUT2D eigenvalue weighted by atomic mass is 16.5. The molecule has 1 fully saturated rings. The van der Waals surface area contributed by atoms with E-state index in [-0.39, 0.29) is 19.0 Å². The molecule has 0 unspecified atom stereocenters. The van der Waals surface area contributed by atoms with Crippen LogP contribution < -0.4 is 14.2 Å². The Morgan fingerprint density at radius 3 is 2.42 bits per heavy atom. The van der Waals surface area contributed by atoms with Crippen LogP contribution in [0.1, 0.15) is 17.9 Å². The number of carboxylic acids is 1. The lowest BCUT2D eigenvalue weighted by atomic mass is 9.89. The molecule has 166 valence electrons. The first-order valence-corrected chi connectivity index (χ1v) is 10.1. The van der Waals surface area contributed by atoms with E-state index in [9.17, 15) is 14.7 Å². The first kappa shape index (κ1) is 22.3. The number of para-hydroxylation sites is 1. The van der Waals surface area contributed by atoms with E-state index in [1.165, 1.54) is 12.0 Å². The van der Waals surface area contributed by atoms with E-state index in [2.05, 4.69) is 0 Å². The van der Waals surface area contributed by atoms with E-state index in [0.29, 0.717) is 31.1 Å². The summed E-state index contributed by atoms with van der Waals surface area (Å²) < 4.78 is 21.7. The van der Waals surface area contributed by atoms with Crippen LogP contribution in [-0.2, 0) is 9.53 Å². The van der Waals surface area contributed by atoms with Crippen LogP contribution in [0.3, 0.4) is 0 Å². The molecule has 8 nitrogen and oxygen atoms in total. The van der Waals surface area contributed by atoms with Crippen molar-refractivity contribution in [2.75, 3.05) is 40.5 Å². The Kier molecular flexibility index (Phi) is 7.59. The van der Waals surface area contributed by atoms with Crippen LogP contribution in [-0.4, -0.2) is 62.6 Å². The van der Waals surface area contributed by atoms with Gasteiger partial charge in [-0.15, -0.1) is 0 Å². The third-order valence-electron chi connectivity index (χ3n) is 5.24. The van der Waals surface area contributed by atoms with Gasteiger partial charge in [0.25, 0.3) is 0 Å². The van der Waals surface area contributed by atoms with E-state index < -0.39 is 18.0 Å². The van der Waals surface area contributed by atoms with E-state index in [1.807, 2.05) is 36.4 Å². The second-order valence-electron chi connectivity index (χ2n) is 7.20. The van der Waals surface area contributed by atoms with Gasteiger partial charge in [0.05, 0.1) is 33.4 Å². The van der Waals surface area contributed by atoms with Crippen LogP contribution in [0.15, 0.2) is 48.5 Å². The Morgan fingerprint density at radius 1 is 1.00 bits per heavy atom. The summed E-state index contributed by atoms with van der Waals surface area (Å²) in [6.07, 6.45) is 0.136. The van der Waals surface area contributed by atoms with Crippen LogP contribution in [0.4, 0.5) is 4.79 Å². The Morgan fingerprint density at radius 2 is 1.74 bits per heavy atom. The summed E-state index contributed by atoms with van der Waals surface area (Å²) >= 11 is 0. The third-order valence-corrected chi connectivity index (χ3v) is 5.24. The molecule has 31 heavy (non-hydrogen) atoms. The number of aliphatic carboxylic acids is 1. The molecule has 0 saturated carbocycles. The van der Waals surface area contributed by atoms with Gasteiger partial charge in [-0.25, -0.2) is 4.79 Å². The molecule has 0 aromatic heterocycles. The van der Waals surface area contributed by atoms with Gasteiger partial charge >= 0.3 is 12.1 Å². The molecule has 2 aromatic carbocycles. The van der Waals surface area contributed by atoms with Gasteiger partial charge in [0.15, 0.2) is 11.5 Å². The number of hydrogen-bond donors (Lipinski definition) is 1. The number of likely N-dealkylation sites (tertiary alicyclic amines) is 1. The maximum absolute atomic E-state index is 11.9. The van der Waals surface area contributed by atoms with Crippen molar-refractivity contribution in [3.8, 4) is 17.2 Å². The molecule has 2 aromatic rings. The average molecular weight is 429 g/mol. The number of amides is 1. The van der Waals surface area contributed by atoms with E-state index >= 15 is 0 Å². The minimum absolute atomic E-state index is 0.103. The molecule has 0 spiro atoms. The molecular weight excluding hydrogens is 402 g/mol. The molecule has 2 atom stereocenters. The lowest BCUT2D eigenvalue weighted by molar-refractivity contribution is -0.141. The summed E-state index contributed by atoms with van der Waals surface area (Å²) in [5.41, 5.74) is 0.773. The summed E-state index contributed by atoms with van der Waals surface area (Å²) in [6.45, 7) is 1.28. The number of carbonyl (C=O) groups is 2. The topological polar surface area (TPSA) is 94.5 Å². The Bertz CT molecular complexity index is 887. The van der Waals surface area contributed by atoms with Crippen LogP contribution in [0.2, 0.25) is 0 Å². The molecule has 1 saturated heterocycles. The van der Waals surface area contributed by atoms with Gasteiger partial charge in [-0.1, -0.05) is 24.3 Å². The maximum atomic E-state index is 11.9. The fourth-order valence-corrected chi connectivity index (χ4v) is 3.65. The summed E-state index contributed by atoms with van der Waals surface area (Å²) in [5, 5.41) is 9.63. The van der Waals surface area contributed by atoms with Crippen molar-refractivity contribution in [1.29, 1.82) is 0 Å². The molecule has 1 amide bonds. The molecule has 0 aliphatic carbocycles. The molecule has 1 aliphatic heterocycles. The molecule has 0 radical (unpaired) electrons. The van der Waals surface area contributed by atoms with Crippen LogP contribution in [0, 0.1) is 5.92 Å². The highest BCUT2D eigenvalue weighted by Crippen LogP contribution is 2.37. The van der Waals surface area contributed by atoms with Crippen LogP contribution in [0.5, 0.6) is 17.2 Å². The standard InChI is InChI=1S/C23H27NO7/c1-28-20-10-9-16(18-14-24(23(27)29-2)15-19(18)22(25)26)13-21(20)31-12-6-11-30-17-7-4-3-5-8-17/h3-5,7-10,13,18-19H,6,11-12,14-15H2,1-2H3,(H,25,26)/t18-,19+/m1/s1. The highest BCUT2D eigenvalue weighted by molar-refractivity contribution is 5.75. The Labute approximate surface area is 181 Å². The van der Waals surface area contributed by atoms with Gasteiger partial charge in [-0.2, -0.15) is 0 Å². The number of methoxy groups -OCH3 is 2. The van der Waals surface area contributed by atoms with Crippen LogP contribution >= 0.6 is 0 Å². The second kappa shape index (κ2) is 10.6. The molecule has 1 aliphatic rings. The minimum atomic E-state index is -0.951. The minimum Gasteiger partial charge on any atom is -0.493 e. The zero-order chi connectivity index (χ0) is 22.2. The lowest BCUT2D eigenvalue weighted by Crippen LogP contribution is -2.29. The monoisotopic (exact) mass is 429 g/mol. The molecular formula is C23H27NO7. The van der Waals surface area contributed by atoms with Gasteiger partial charge < -0.3 is 29.0 Å². The number of benzene rings is 2. The number of nitrogens with zero attached hydrogens (tertiary/aromatic N) is 1. The zero-order valence-corrected chi connectivity index (χ0v) is 17.7. The number of rotatable bonds is 9. The van der Waals surface area contributed by atoms with Crippen molar-refractivity contribution in [3.63, 3.8) is 0 Å². The molecule has 0 bridgehead atoms. The summed E-state index contributed by atoms with van der Waals surface area (Å²) in [4.78, 5) is 25.1. The summed E-state index contributed by atoms with van der Waals surface area (Å²) in [5.74, 6) is -0.153. The molecule has 3 rings (SSSR count). The van der Waals surface area contributed by atoms with Gasteiger partial charge in [-0.05, 0) is 29.8 Å². The summed E-state index contributed by atoms with van der Waals surface area (Å²) in [6, 6.07) is 14.9.